The minimum absolute atomic E-state index is 0. The molecule has 0 atom stereocenters. The number of ether oxygens (including phenoxy) is 3. The van der Waals surface area contributed by atoms with Crippen molar-refractivity contribution in [2.75, 3.05) is 13.2 Å². The zero-order chi connectivity index (χ0) is 20.8. The van der Waals surface area contributed by atoms with E-state index in [0.717, 1.165) is 31.4 Å². The Morgan fingerprint density at radius 2 is 1.45 bits per heavy atom. The Morgan fingerprint density at radius 3 is 2.03 bits per heavy atom. The third-order valence-corrected chi connectivity index (χ3v) is 4.74. The van der Waals surface area contributed by atoms with Gasteiger partial charge in [-0.3, -0.25) is 9.35 Å². The van der Waals surface area contributed by atoms with Crippen LogP contribution in [0.3, 0.4) is 0 Å². The summed E-state index contributed by atoms with van der Waals surface area (Å²) in [4.78, 5) is 22.8. The molecular weight excluding hydrogens is 411 g/mol. The van der Waals surface area contributed by atoms with Gasteiger partial charge in [0.1, 0.15) is 19.0 Å². The molecule has 0 spiro atoms. The number of rotatable bonds is 13. The Hall–Kier alpha value is -1.13. The number of carbonyl (C=O) groups is 2. The van der Waals surface area contributed by atoms with Crippen LogP contribution in [0.25, 0.3) is 0 Å². The molecule has 0 amide bonds. The molecule has 0 aliphatic rings. The van der Waals surface area contributed by atoms with Crippen molar-refractivity contribution in [3.63, 3.8) is 0 Å². The van der Waals surface area contributed by atoms with E-state index in [-0.39, 0.29) is 59.4 Å². The van der Waals surface area contributed by atoms with Crippen molar-refractivity contribution in [1.29, 1.82) is 0 Å². The van der Waals surface area contributed by atoms with Gasteiger partial charge in [-0.05, 0) is 30.7 Å². The second kappa shape index (κ2) is 15.7. The molecule has 160 valence electrons. The van der Waals surface area contributed by atoms with Crippen molar-refractivity contribution in [2.24, 2.45) is 0 Å². The fraction of sp³-hybridized carbons (Fsp3) is 0.579. The molecule has 0 aliphatic heterocycles. The molecular formula is C19H29NaO8S. The first kappa shape index (κ1) is 27.9. The van der Waals surface area contributed by atoms with Crippen LogP contribution in [0, 0.1) is 0 Å². The second-order valence-electron chi connectivity index (χ2n) is 6.24. The van der Waals surface area contributed by atoms with Gasteiger partial charge in [0, 0.05) is 6.42 Å². The first-order chi connectivity index (χ1) is 13.3. The van der Waals surface area contributed by atoms with Crippen molar-refractivity contribution < 1.29 is 36.8 Å². The number of hydrogen-bond acceptors (Lipinski definition) is 7. The number of carbonyl (C=O) groups excluding carboxylic acids is 2. The molecule has 1 aromatic rings. The Kier molecular flexibility index (Phi) is 15.1. The summed E-state index contributed by atoms with van der Waals surface area (Å²) in [5, 5.41) is 0. The van der Waals surface area contributed by atoms with Gasteiger partial charge in [0.05, 0.1) is 4.90 Å². The van der Waals surface area contributed by atoms with Gasteiger partial charge in [-0.25, -0.2) is 4.79 Å². The molecule has 29 heavy (non-hydrogen) atoms. The van der Waals surface area contributed by atoms with Crippen LogP contribution in [0.1, 0.15) is 58.3 Å². The van der Waals surface area contributed by atoms with Crippen LogP contribution in [0.15, 0.2) is 29.2 Å². The Labute approximate surface area is 194 Å². The summed E-state index contributed by atoms with van der Waals surface area (Å²) in [6.07, 6.45) is 7.12. The summed E-state index contributed by atoms with van der Waals surface area (Å²) in [6, 6.07) is 4.58. The fourth-order valence-corrected chi connectivity index (χ4v) is 2.86. The van der Waals surface area contributed by atoms with Crippen molar-refractivity contribution in [3.8, 4) is 5.75 Å². The van der Waals surface area contributed by atoms with E-state index in [2.05, 4.69) is 6.92 Å². The molecule has 8 nitrogen and oxygen atoms in total. The van der Waals surface area contributed by atoms with Crippen LogP contribution in [0.4, 0.5) is 4.79 Å². The normalized spacial score (nSPS) is 10.7. The van der Waals surface area contributed by atoms with Crippen molar-refractivity contribution in [3.05, 3.63) is 24.3 Å². The maximum absolute atomic E-state index is 11.6. The summed E-state index contributed by atoms with van der Waals surface area (Å²) >= 11 is 0. The quantitative estimate of drug-likeness (QED) is 0.163. The van der Waals surface area contributed by atoms with Gasteiger partial charge in [0.25, 0.3) is 10.1 Å². The zero-order valence-electron chi connectivity index (χ0n) is 16.1. The topological polar surface area (TPSA) is 116 Å². The Morgan fingerprint density at radius 1 is 0.897 bits per heavy atom. The Bertz CT molecular complexity index is 703. The Balaban J connectivity index is 0.00000784. The molecule has 0 heterocycles. The van der Waals surface area contributed by atoms with Gasteiger partial charge in [-0.1, -0.05) is 45.4 Å². The second-order valence-corrected chi connectivity index (χ2v) is 7.66. The molecule has 0 aliphatic carbocycles. The van der Waals surface area contributed by atoms with Crippen molar-refractivity contribution in [2.45, 2.75) is 63.2 Å². The molecule has 0 aromatic heterocycles. The van der Waals surface area contributed by atoms with Gasteiger partial charge in [-0.15, -0.1) is 0 Å². The molecule has 0 radical (unpaired) electrons. The van der Waals surface area contributed by atoms with Gasteiger partial charge in [0.15, 0.2) is 0 Å². The molecule has 1 rings (SSSR count). The summed E-state index contributed by atoms with van der Waals surface area (Å²) < 4.78 is 45.3. The van der Waals surface area contributed by atoms with Crippen molar-refractivity contribution in [1.82, 2.24) is 0 Å². The van der Waals surface area contributed by atoms with Crippen LogP contribution in [0.5, 0.6) is 5.75 Å². The summed E-state index contributed by atoms with van der Waals surface area (Å²) in [7, 11) is -4.31. The van der Waals surface area contributed by atoms with Gasteiger partial charge in [-0.2, -0.15) is 8.42 Å². The molecule has 0 unspecified atom stereocenters. The van der Waals surface area contributed by atoms with Gasteiger partial charge >= 0.3 is 41.7 Å². The minimum atomic E-state index is -4.31. The third-order valence-electron chi connectivity index (χ3n) is 3.87. The average molecular weight is 440 g/mol. The van der Waals surface area contributed by atoms with E-state index < -0.39 is 16.3 Å². The summed E-state index contributed by atoms with van der Waals surface area (Å²) in [5.74, 6) is -0.278. The maximum atomic E-state index is 11.6. The van der Waals surface area contributed by atoms with E-state index in [1.807, 2.05) is 0 Å². The standard InChI is InChI=1S/C19H28O8S.Na.H/c1-2-3-4-5-6-7-8-9-18(20)25-14-15-26-19(21)27-16-10-12-17(13-11-16)28(22,23)24;;/h10-13H,2-9,14-15H2,1H3,(H,22,23,24);;. The summed E-state index contributed by atoms with van der Waals surface area (Å²) in [6.45, 7) is 1.96. The van der Waals surface area contributed by atoms with E-state index >= 15 is 0 Å². The van der Waals surface area contributed by atoms with Crippen LogP contribution < -0.4 is 4.74 Å². The zero-order valence-corrected chi connectivity index (χ0v) is 16.9. The molecule has 0 fully saturated rings. The molecule has 10 heteroatoms. The first-order valence-electron chi connectivity index (χ1n) is 9.40. The third kappa shape index (κ3) is 13.7. The van der Waals surface area contributed by atoms with Crippen LogP contribution in [-0.4, -0.2) is 67.9 Å². The number of esters is 1. The summed E-state index contributed by atoms with van der Waals surface area (Å²) in [5.41, 5.74) is 0. The molecule has 0 saturated carbocycles. The predicted octanol–water partition coefficient (Wildman–Crippen LogP) is 3.48. The van der Waals surface area contributed by atoms with Gasteiger partial charge in [0.2, 0.25) is 0 Å². The monoisotopic (exact) mass is 440 g/mol. The molecule has 0 bridgehead atoms. The number of benzene rings is 1. The van der Waals surface area contributed by atoms with E-state index in [1.54, 1.807) is 0 Å². The predicted molar refractivity (Wildman–Crippen MR) is 109 cm³/mol. The van der Waals surface area contributed by atoms with E-state index in [1.165, 1.54) is 37.8 Å². The molecule has 1 N–H and O–H groups in total. The number of hydrogen-bond donors (Lipinski definition) is 1. The van der Waals surface area contributed by atoms with Crippen molar-refractivity contribution >= 4 is 51.8 Å². The van der Waals surface area contributed by atoms with E-state index in [9.17, 15) is 18.0 Å². The van der Waals surface area contributed by atoms with Crippen LogP contribution >= 0.6 is 0 Å². The fourth-order valence-electron chi connectivity index (χ4n) is 2.38. The molecule has 0 saturated heterocycles. The van der Waals surface area contributed by atoms with Gasteiger partial charge < -0.3 is 14.2 Å². The van der Waals surface area contributed by atoms with Crippen LogP contribution in [0.2, 0.25) is 0 Å². The van der Waals surface area contributed by atoms with E-state index in [0.29, 0.717) is 6.42 Å². The number of unbranched alkanes of at least 4 members (excludes halogenated alkanes) is 6. The average Bonchev–Trinajstić information content (AvgIpc) is 2.64. The molecule has 1 aromatic carbocycles. The van der Waals surface area contributed by atoms with Crippen LogP contribution in [-0.2, 0) is 24.4 Å². The first-order valence-corrected chi connectivity index (χ1v) is 10.8. The SMILES string of the molecule is CCCCCCCCCC(=O)OCCOC(=O)Oc1ccc(S(=O)(=O)O)cc1.[NaH]. The van der Waals surface area contributed by atoms with E-state index in [4.69, 9.17) is 18.8 Å².